The minimum Gasteiger partial charge on any atom is -0.478 e. The van der Waals surface area contributed by atoms with Crippen molar-refractivity contribution in [2.75, 3.05) is 26.2 Å². The van der Waals surface area contributed by atoms with E-state index in [2.05, 4.69) is 5.32 Å². The van der Waals surface area contributed by atoms with Gasteiger partial charge in [0.25, 0.3) is 5.91 Å². The highest BCUT2D eigenvalue weighted by Gasteiger charge is 2.26. The number of carbonyl (C=O) groups is 1. The number of halogens is 2. The fraction of sp³-hybridized carbons (Fsp3) is 0.500. The molecule has 1 fully saturated rings. The fourth-order valence-corrected chi connectivity index (χ4v) is 2.09. The van der Waals surface area contributed by atoms with E-state index in [0.717, 1.165) is 13.1 Å². The molecule has 0 aromatic heterocycles. The third kappa shape index (κ3) is 4.08. The van der Waals surface area contributed by atoms with E-state index >= 15 is 0 Å². The Morgan fingerprint density at radius 1 is 1.40 bits per heavy atom. The number of nitrogens with zero attached hydrogens (tertiary/aromatic N) is 1. The predicted molar refractivity (Wildman–Crippen MR) is 77.8 cm³/mol. The molecule has 20 heavy (non-hydrogen) atoms. The maximum Gasteiger partial charge on any atom is 0.263 e. The second-order valence-corrected chi connectivity index (χ2v) is 4.52. The molecule has 2 rings (SSSR count). The van der Waals surface area contributed by atoms with Crippen LogP contribution in [0.4, 0.5) is 4.39 Å². The second kappa shape index (κ2) is 8.07. The summed E-state index contributed by atoms with van der Waals surface area (Å²) >= 11 is 0. The highest BCUT2D eigenvalue weighted by Crippen LogP contribution is 2.19. The van der Waals surface area contributed by atoms with Crippen LogP contribution in [0.5, 0.6) is 5.75 Å². The SMILES string of the molecule is CCC(Oc1ccccc1F)C(=O)N1CCNCC1.Cl. The van der Waals surface area contributed by atoms with Gasteiger partial charge in [-0.2, -0.15) is 0 Å². The average molecular weight is 303 g/mol. The summed E-state index contributed by atoms with van der Waals surface area (Å²) in [6.45, 7) is 4.81. The first-order chi connectivity index (χ1) is 9.22. The van der Waals surface area contributed by atoms with Gasteiger partial charge < -0.3 is 15.0 Å². The number of hydrogen-bond acceptors (Lipinski definition) is 3. The molecule has 0 radical (unpaired) electrons. The number of carbonyl (C=O) groups excluding carboxylic acids is 1. The Morgan fingerprint density at radius 2 is 2.05 bits per heavy atom. The first kappa shape index (κ1) is 16.7. The van der Waals surface area contributed by atoms with Crippen LogP contribution in [0, 0.1) is 5.82 Å². The van der Waals surface area contributed by atoms with Gasteiger partial charge in [-0.25, -0.2) is 4.39 Å². The Labute approximate surface area is 124 Å². The lowest BCUT2D eigenvalue weighted by Gasteiger charge is -2.30. The molecule has 0 aliphatic carbocycles. The molecule has 4 nitrogen and oxygen atoms in total. The number of hydrogen-bond donors (Lipinski definition) is 1. The van der Waals surface area contributed by atoms with E-state index in [4.69, 9.17) is 4.74 Å². The number of rotatable bonds is 4. The molecule has 1 saturated heterocycles. The number of para-hydroxylation sites is 1. The molecule has 1 aromatic rings. The largest absolute Gasteiger partial charge is 0.478 e. The van der Waals surface area contributed by atoms with Gasteiger partial charge in [0.2, 0.25) is 0 Å². The maximum atomic E-state index is 13.5. The minimum absolute atomic E-state index is 0. The molecule has 6 heteroatoms. The third-order valence-corrected chi connectivity index (χ3v) is 3.18. The Morgan fingerprint density at radius 3 is 2.65 bits per heavy atom. The molecule has 1 aromatic carbocycles. The fourth-order valence-electron chi connectivity index (χ4n) is 2.09. The van der Waals surface area contributed by atoms with E-state index in [1.54, 1.807) is 23.1 Å². The molecule has 112 valence electrons. The number of benzene rings is 1. The lowest BCUT2D eigenvalue weighted by Crippen LogP contribution is -2.50. The van der Waals surface area contributed by atoms with E-state index < -0.39 is 11.9 Å². The standard InChI is InChI=1S/C14H19FN2O2.ClH/c1-2-12(14(18)17-9-7-16-8-10-17)19-13-6-4-3-5-11(13)15;/h3-6,12,16H,2,7-10H2,1H3;1H. The van der Waals surface area contributed by atoms with Gasteiger partial charge in [-0.1, -0.05) is 19.1 Å². The Balaban J connectivity index is 0.00000200. The Bertz CT molecular complexity index is 439. The molecule has 0 bridgehead atoms. The number of nitrogens with one attached hydrogen (secondary N) is 1. The summed E-state index contributed by atoms with van der Waals surface area (Å²) in [6.07, 6.45) is -0.0908. The van der Waals surface area contributed by atoms with Crippen LogP contribution in [0.1, 0.15) is 13.3 Å². The van der Waals surface area contributed by atoms with Crippen molar-refractivity contribution in [3.8, 4) is 5.75 Å². The second-order valence-electron chi connectivity index (χ2n) is 4.52. The lowest BCUT2D eigenvalue weighted by atomic mass is 10.2. The maximum absolute atomic E-state index is 13.5. The van der Waals surface area contributed by atoms with Gasteiger partial charge in [0.1, 0.15) is 0 Å². The van der Waals surface area contributed by atoms with Crippen LogP contribution >= 0.6 is 12.4 Å². The summed E-state index contributed by atoms with van der Waals surface area (Å²) < 4.78 is 19.1. The zero-order chi connectivity index (χ0) is 13.7. The smallest absolute Gasteiger partial charge is 0.263 e. The van der Waals surface area contributed by atoms with Crippen molar-refractivity contribution in [3.63, 3.8) is 0 Å². The summed E-state index contributed by atoms with van der Waals surface area (Å²) in [6, 6.07) is 6.17. The molecule has 1 N–H and O–H groups in total. The molecular weight excluding hydrogens is 283 g/mol. The van der Waals surface area contributed by atoms with Crippen LogP contribution in [0.2, 0.25) is 0 Å². The monoisotopic (exact) mass is 302 g/mol. The number of ether oxygens (including phenoxy) is 1. The summed E-state index contributed by atoms with van der Waals surface area (Å²) in [5.74, 6) is -0.362. The van der Waals surface area contributed by atoms with Crippen LogP contribution in [0.25, 0.3) is 0 Å². The minimum atomic E-state index is -0.616. The van der Waals surface area contributed by atoms with Gasteiger partial charge >= 0.3 is 0 Å². The van der Waals surface area contributed by atoms with Crippen LogP contribution in [-0.4, -0.2) is 43.1 Å². The summed E-state index contributed by atoms with van der Waals surface area (Å²) in [7, 11) is 0. The number of amides is 1. The van der Waals surface area contributed by atoms with Crippen LogP contribution < -0.4 is 10.1 Å². The average Bonchev–Trinajstić information content (AvgIpc) is 2.47. The number of piperazine rings is 1. The van der Waals surface area contributed by atoms with Crippen molar-refractivity contribution in [2.24, 2.45) is 0 Å². The van der Waals surface area contributed by atoms with Crippen molar-refractivity contribution in [3.05, 3.63) is 30.1 Å². The Kier molecular flexibility index (Phi) is 6.75. The van der Waals surface area contributed by atoms with Crippen molar-refractivity contribution in [2.45, 2.75) is 19.4 Å². The van der Waals surface area contributed by atoms with E-state index in [-0.39, 0.29) is 24.1 Å². The van der Waals surface area contributed by atoms with Gasteiger partial charge in [0.05, 0.1) is 0 Å². The molecule has 0 saturated carbocycles. The molecule has 1 aliphatic rings. The molecule has 1 atom stereocenters. The molecule has 1 unspecified atom stereocenters. The summed E-state index contributed by atoms with van der Waals surface area (Å²) in [5.41, 5.74) is 0. The zero-order valence-corrected chi connectivity index (χ0v) is 12.3. The van der Waals surface area contributed by atoms with E-state index in [0.29, 0.717) is 19.5 Å². The predicted octanol–water partition coefficient (Wildman–Crippen LogP) is 1.84. The van der Waals surface area contributed by atoms with Crippen molar-refractivity contribution in [1.82, 2.24) is 10.2 Å². The van der Waals surface area contributed by atoms with E-state index in [1.807, 2.05) is 6.92 Å². The van der Waals surface area contributed by atoms with Crippen molar-refractivity contribution >= 4 is 18.3 Å². The molecular formula is C14H20ClFN2O2. The van der Waals surface area contributed by atoms with Gasteiger partial charge in [-0.15, -0.1) is 12.4 Å². The van der Waals surface area contributed by atoms with Gasteiger partial charge in [-0.3, -0.25) is 4.79 Å². The Hall–Kier alpha value is -1.33. The third-order valence-electron chi connectivity index (χ3n) is 3.18. The topological polar surface area (TPSA) is 41.6 Å². The molecule has 0 spiro atoms. The van der Waals surface area contributed by atoms with E-state index in [1.165, 1.54) is 6.07 Å². The molecule has 1 amide bonds. The van der Waals surface area contributed by atoms with Crippen molar-refractivity contribution in [1.29, 1.82) is 0 Å². The van der Waals surface area contributed by atoms with Gasteiger partial charge in [-0.05, 0) is 18.6 Å². The highest BCUT2D eigenvalue weighted by molar-refractivity contribution is 5.85. The summed E-state index contributed by atoms with van der Waals surface area (Å²) in [5, 5.41) is 3.19. The van der Waals surface area contributed by atoms with Crippen LogP contribution in [0.3, 0.4) is 0 Å². The molecule has 1 aliphatic heterocycles. The first-order valence-electron chi connectivity index (χ1n) is 6.63. The quantitative estimate of drug-likeness (QED) is 0.923. The lowest BCUT2D eigenvalue weighted by molar-refractivity contribution is -0.139. The zero-order valence-electron chi connectivity index (χ0n) is 11.5. The molecule has 1 heterocycles. The first-order valence-corrected chi connectivity index (χ1v) is 6.63. The van der Waals surface area contributed by atoms with Crippen LogP contribution in [0.15, 0.2) is 24.3 Å². The highest BCUT2D eigenvalue weighted by atomic mass is 35.5. The van der Waals surface area contributed by atoms with Crippen LogP contribution in [-0.2, 0) is 4.79 Å². The van der Waals surface area contributed by atoms with Crippen molar-refractivity contribution < 1.29 is 13.9 Å². The van der Waals surface area contributed by atoms with Gasteiger partial charge in [0.15, 0.2) is 17.7 Å². The summed E-state index contributed by atoms with van der Waals surface area (Å²) in [4.78, 5) is 14.1. The normalized spacial score (nSPS) is 16.2. The van der Waals surface area contributed by atoms with E-state index in [9.17, 15) is 9.18 Å². The van der Waals surface area contributed by atoms with Gasteiger partial charge in [0, 0.05) is 26.2 Å².